The zero-order valence-corrected chi connectivity index (χ0v) is 14.7. The molecule has 0 saturated heterocycles. The highest BCUT2D eigenvalue weighted by molar-refractivity contribution is 9.11. The van der Waals surface area contributed by atoms with E-state index in [9.17, 15) is 4.79 Å². The molecule has 0 atom stereocenters. The number of aromatic nitrogens is 2. The van der Waals surface area contributed by atoms with Crippen molar-refractivity contribution in [3.05, 3.63) is 44.9 Å². The molecule has 110 valence electrons. The topological polar surface area (TPSA) is 80.9 Å². The average Bonchev–Trinajstić information content (AvgIpc) is 2.42. The van der Waals surface area contributed by atoms with Crippen LogP contribution in [-0.2, 0) is 0 Å². The molecule has 5 nitrogen and oxygen atoms in total. The van der Waals surface area contributed by atoms with Crippen molar-refractivity contribution in [2.24, 2.45) is 0 Å². The number of benzene rings is 1. The lowest BCUT2D eigenvalue weighted by Gasteiger charge is -2.10. The van der Waals surface area contributed by atoms with E-state index in [-0.39, 0.29) is 23.2 Å². The highest BCUT2D eigenvalue weighted by atomic mass is 79.9. The van der Waals surface area contributed by atoms with Crippen molar-refractivity contribution in [1.82, 2.24) is 9.97 Å². The van der Waals surface area contributed by atoms with Crippen molar-refractivity contribution in [2.75, 3.05) is 11.1 Å². The number of anilines is 2. The molecule has 0 radical (unpaired) electrons. The molecule has 21 heavy (non-hydrogen) atoms. The van der Waals surface area contributed by atoms with E-state index in [2.05, 4.69) is 47.1 Å². The molecule has 7 heteroatoms. The van der Waals surface area contributed by atoms with Gasteiger partial charge in [0.05, 0.1) is 17.6 Å². The molecule has 0 unspecified atom stereocenters. The molecule has 0 fully saturated rings. The SMILES string of the molecule is CC(C)c1ncc(N)c(C(=O)Nc2ccc(Br)cc2Br)n1. The van der Waals surface area contributed by atoms with E-state index >= 15 is 0 Å². The lowest BCUT2D eigenvalue weighted by Crippen LogP contribution is -2.18. The van der Waals surface area contributed by atoms with Crippen LogP contribution in [0, 0.1) is 0 Å². The lowest BCUT2D eigenvalue weighted by molar-refractivity contribution is 0.102. The standard InChI is InChI=1S/C14H14Br2N4O/c1-7(2)13-18-6-10(17)12(20-13)14(21)19-11-4-3-8(15)5-9(11)16/h3-7H,17H2,1-2H3,(H,19,21). The van der Waals surface area contributed by atoms with Gasteiger partial charge in [0.25, 0.3) is 5.91 Å². The maximum Gasteiger partial charge on any atom is 0.276 e. The molecule has 1 amide bonds. The average molecular weight is 414 g/mol. The number of hydrogen-bond acceptors (Lipinski definition) is 4. The van der Waals surface area contributed by atoms with Gasteiger partial charge in [-0.1, -0.05) is 29.8 Å². The van der Waals surface area contributed by atoms with Crippen molar-refractivity contribution in [3.63, 3.8) is 0 Å². The molecule has 2 rings (SSSR count). The number of nitrogens with two attached hydrogens (primary N) is 1. The Hall–Kier alpha value is -1.47. The number of amides is 1. The van der Waals surface area contributed by atoms with Crippen LogP contribution < -0.4 is 11.1 Å². The van der Waals surface area contributed by atoms with Crippen LogP contribution >= 0.6 is 31.9 Å². The van der Waals surface area contributed by atoms with Crippen LogP contribution in [-0.4, -0.2) is 15.9 Å². The van der Waals surface area contributed by atoms with Crippen molar-refractivity contribution in [1.29, 1.82) is 0 Å². The fraction of sp³-hybridized carbons (Fsp3) is 0.214. The largest absolute Gasteiger partial charge is 0.396 e. The van der Waals surface area contributed by atoms with Crippen LogP contribution in [0.15, 0.2) is 33.3 Å². The number of nitrogens with one attached hydrogen (secondary N) is 1. The Balaban J connectivity index is 2.30. The molecule has 0 aliphatic rings. The fourth-order valence-corrected chi connectivity index (χ4v) is 2.78. The van der Waals surface area contributed by atoms with Gasteiger partial charge in [0.15, 0.2) is 5.69 Å². The molecule has 0 saturated carbocycles. The summed E-state index contributed by atoms with van der Waals surface area (Å²) in [6.45, 7) is 3.91. The summed E-state index contributed by atoms with van der Waals surface area (Å²) in [4.78, 5) is 20.7. The minimum Gasteiger partial charge on any atom is -0.396 e. The van der Waals surface area contributed by atoms with Crippen LogP contribution in [0.2, 0.25) is 0 Å². The third-order valence-corrected chi connectivity index (χ3v) is 3.90. The van der Waals surface area contributed by atoms with E-state index in [0.29, 0.717) is 11.5 Å². The summed E-state index contributed by atoms with van der Waals surface area (Å²) in [5.41, 5.74) is 6.89. The monoisotopic (exact) mass is 412 g/mol. The van der Waals surface area contributed by atoms with Crippen LogP contribution in [0.4, 0.5) is 11.4 Å². The Kier molecular flexibility index (Phi) is 4.95. The Morgan fingerprint density at radius 1 is 1.33 bits per heavy atom. The first-order chi connectivity index (χ1) is 9.88. The van der Waals surface area contributed by atoms with Crippen molar-refractivity contribution in [3.8, 4) is 0 Å². The highest BCUT2D eigenvalue weighted by Crippen LogP contribution is 2.27. The maximum absolute atomic E-state index is 12.3. The van der Waals surface area contributed by atoms with E-state index < -0.39 is 0 Å². The molecule has 0 spiro atoms. The van der Waals surface area contributed by atoms with Gasteiger partial charge in [-0.2, -0.15) is 0 Å². The second kappa shape index (κ2) is 6.53. The first-order valence-electron chi connectivity index (χ1n) is 6.27. The molecule has 0 bridgehead atoms. The summed E-state index contributed by atoms with van der Waals surface area (Å²) in [7, 11) is 0. The molecular formula is C14H14Br2N4O. The molecule has 1 aromatic carbocycles. The third kappa shape index (κ3) is 3.79. The van der Waals surface area contributed by atoms with Crippen LogP contribution in [0.1, 0.15) is 36.1 Å². The van der Waals surface area contributed by atoms with Crippen molar-refractivity contribution >= 4 is 49.1 Å². The van der Waals surface area contributed by atoms with Gasteiger partial charge in [-0.05, 0) is 34.1 Å². The van der Waals surface area contributed by atoms with Crippen molar-refractivity contribution in [2.45, 2.75) is 19.8 Å². The second-order valence-electron chi connectivity index (χ2n) is 4.77. The quantitative estimate of drug-likeness (QED) is 0.797. The zero-order chi connectivity index (χ0) is 15.6. The molecule has 1 aromatic heterocycles. The van der Waals surface area contributed by atoms with E-state index in [0.717, 1.165) is 8.95 Å². The highest BCUT2D eigenvalue weighted by Gasteiger charge is 2.16. The summed E-state index contributed by atoms with van der Waals surface area (Å²) in [5, 5.41) is 2.78. The Morgan fingerprint density at radius 2 is 2.05 bits per heavy atom. The van der Waals surface area contributed by atoms with Gasteiger partial charge in [-0.25, -0.2) is 9.97 Å². The molecule has 1 heterocycles. The van der Waals surface area contributed by atoms with Crippen LogP contribution in [0.3, 0.4) is 0 Å². The van der Waals surface area contributed by atoms with E-state index in [4.69, 9.17) is 5.73 Å². The minimum absolute atomic E-state index is 0.122. The number of rotatable bonds is 3. The maximum atomic E-state index is 12.3. The fourth-order valence-electron chi connectivity index (χ4n) is 1.64. The van der Waals surface area contributed by atoms with Crippen LogP contribution in [0.25, 0.3) is 0 Å². The minimum atomic E-state index is -0.361. The molecule has 3 N–H and O–H groups in total. The van der Waals surface area contributed by atoms with Gasteiger partial charge in [0.2, 0.25) is 0 Å². The number of nitrogens with zero attached hydrogens (tertiary/aromatic N) is 2. The Morgan fingerprint density at radius 3 is 2.67 bits per heavy atom. The number of hydrogen-bond donors (Lipinski definition) is 2. The van der Waals surface area contributed by atoms with Gasteiger partial charge >= 0.3 is 0 Å². The molecule has 2 aromatic rings. The Labute approximate surface area is 139 Å². The van der Waals surface area contributed by atoms with E-state index in [1.807, 2.05) is 26.0 Å². The molecule has 0 aliphatic carbocycles. The second-order valence-corrected chi connectivity index (χ2v) is 6.54. The van der Waals surface area contributed by atoms with Crippen molar-refractivity contribution < 1.29 is 4.79 Å². The lowest BCUT2D eigenvalue weighted by atomic mass is 10.2. The number of carbonyl (C=O) groups excluding carboxylic acids is 1. The first kappa shape index (κ1) is 15.9. The summed E-state index contributed by atoms with van der Waals surface area (Å²) < 4.78 is 1.68. The smallest absolute Gasteiger partial charge is 0.276 e. The summed E-state index contributed by atoms with van der Waals surface area (Å²) in [6, 6.07) is 5.47. The zero-order valence-electron chi connectivity index (χ0n) is 11.5. The molecule has 0 aliphatic heterocycles. The summed E-state index contributed by atoms with van der Waals surface area (Å²) >= 11 is 6.76. The first-order valence-corrected chi connectivity index (χ1v) is 7.86. The number of nitrogen functional groups attached to an aromatic ring is 1. The molecular weight excluding hydrogens is 400 g/mol. The summed E-state index contributed by atoms with van der Waals surface area (Å²) in [5.74, 6) is 0.348. The number of carbonyl (C=O) groups is 1. The predicted octanol–water partition coefficient (Wildman–Crippen LogP) is 3.96. The van der Waals surface area contributed by atoms with Crippen LogP contribution in [0.5, 0.6) is 0 Å². The van der Waals surface area contributed by atoms with E-state index in [1.165, 1.54) is 6.20 Å². The van der Waals surface area contributed by atoms with Gasteiger partial charge < -0.3 is 11.1 Å². The predicted molar refractivity (Wildman–Crippen MR) is 90.3 cm³/mol. The Bertz CT molecular complexity index is 689. The van der Waals surface area contributed by atoms with Gasteiger partial charge in [-0.15, -0.1) is 0 Å². The number of halogens is 2. The van der Waals surface area contributed by atoms with Gasteiger partial charge in [0, 0.05) is 14.9 Å². The normalized spacial score (nSPS) is 10.7. The van der Waals surface area contributed by atoms with Gasteiger partial charge in [0.1, 0.15) is 5.82 Å². The third-order valence-electron chi connectivity index (χ3n) is 2.75. The van der Waals surface area contributed by atoms with E-state index in [1.54, 1.807) is 6.07 Å². The van der Waals surface area contributed by atoms with Gasteiger partial charge in [-0.3, -0.25) is 4.79 Å². The summed E-state index contributed by atoms with van der Waals surface area (Å²) in [6.07, 6.45) is 1.47.